The monoisotopic (exact) mass is 229 g/mol. The quantitative estimate of drug-likeness (QED) is 0.734. The summed E-state index contributed by atoms with van der Waals surface area (Å²) in [5, 5.41) is 0.319. The number of aromatic nitrogens is 1. The zero-order chi connectivity index (χ0) is 8.81. The van der Waals surface area contributed by atoms with E-state index < -0.39 is 0 Å². The lowest BCUT2D eigenvalue weighted by atomic mass is 10.5. The van der Waals surface area contributed by atoms with Crippen LogP contribution in [0.2, 0.25) is 0 Å². The van der Waals surface area contributed by atoms with Crippen LogP contribution in [0, 0.1) is 0 Å². The molecule has 0 aromatic carbocycles. The maximum atomic E-state index is 10.8. The van der Waals surface area contributed by atoms with E-state index in [1.54, 1.807) is 24.4 Å². The van der Waals surface area contributed by atoms with Crippen molar-refractivity contribution in [2.24, 2.45) is 0 Å². The fourth-order valence-electron chi connectivity index (χ4n) is 0.625. The zero-order valence-corrected chi connectivity index (χ0v) is 7.95. The Labute approximate surface area is 78.9 Å². The number of pyridine rings is 1. The highest BCUT2D eigenvalue weighted by atomic mass is 79.9. The van der Waals surface area contributed by atoms with Crippen molar-refractivity contribution in [2.45, 2.75) is 0 Å². The van der Waals surface area contributed by atoms with E-state index in [-0.39, 0.29) is 12.4 Å². The van der Waals surface area contributed by atoms with Gasteiger partial charge in [-0.2, -0.15) is 0 Å². The average Bonchev–Trinajstić information content (AvgIpc) is 2.16. The van der Waals surface area contributed by atoms with Gasteiger partial charge < -0.3 is 4.74 Å². The third-order valence-corrected chi connectivity index (χ3v) is 1.79. The van der Waals surface area contributed by atoms with Crippen LogP contribution in [0.3, 0.4) is 0 Å². The molecule has 0 bridgehead atoms. The number of hydrogen-bond acceptors (Lipinski definition) is 3. The minimum absolute atomic E-state index is 0.000605. The molecule has 64 valence electrons. The van der Waals surface area contributed by atoms with Crippen LogP contribution in [0.25, 0.3) is 0 Å². The molecule has 0 aliphatic heterocycles. The summed E-state index contributed by atoms with van der Waals surface area (Å²) in [6.07, 6.45) is 1.62. The number of hydrogen-bond donors (Lipinski definition) is 0. The highest BCUT2D eigenvalue weighted by molar-refractivity contribution is 9.09. The van der Waals surface area contributed by atoms with Gasteiger partial charge in [-0.05, 0) is 6.07 Å². The van der Waals surface area contributed by atoms with Crippen LogP contribution >= 0.6 is 15.9 Å². The lowest BCUT2D eigenvalue weighted by molar-refractivity contribution is -0.118. The molecule has 3 nitrogen and oxygen atoms in total. The van der Waals surface area contributed by atoms with E-state index in [2.05, 4.69) is 20.9 Å². The normalized spacial score (nSPS) is 9.42. The number of carbonyl (C=O) groups is 1. The molecule has 1 aromatic heterocycles. The average molecular weight is 230 g/mol. The molecule has 4 heteroatoms. The van der Waals surface area contributed by atoms with Crippen molar-refractivity contribution >= 4 is 21.7 Å². The minimum Gasteiger partial charge on any atom is -0.470 e. The molecular weight excluding hydrogens is 222 g/mol. The molecule has 1 heterocycles. The number of ketones is 1. The summed E-state index contributed by atoms with van der Waals surface area (Å²) in [7, 11) is 0. The van der Waals surface area contributed by atoms with E-state index >= 15 is 0 Å². The highest BCUT2D eigenvalue weighted by Crippen LogP contribution is 2.02. The smallest absolute Gasteiger partial charge is 0.213 e. The van der Waals surface area contributed by atoms with Crippen LogP contribution in [-0.4, -0.2) is 22.7 Å². The summed E-state index contributed by atoms with van der Waals surface area (Å²) >= 11 is 3.04. The predicted molar refractivity (Wildman–Crippen MR) is 48.5 cm³/mol. The Bertz CT molecular complexity index is 250. The van der Waals surface area contributed by atoms with Crippen LogP contribution in [0.15, 0.2) is 24.4 Å². The van der Waals surface area contributed by atoms with E-state index in [0.717, 1.165) is 0 Å². The summed E-state index contributed by atoms with van der Waals surface area (Å²) < 4.78 is 5.07. The van der Waals surface area contributed by atoms with Gasteiger partial charge >= 0.3 is 0 Å². The summed E-state index contributed by atoms with van der Waals surface area (Å²) in [6.45, 7) is 0.0717. The minimum atomic E-state index is 0.000605. The van der Waals surface area contributed by atoms with E-state index in [1.807, 2.05) is 0 Å². The first-order valence-corrected chi connectivity index (χ1v) is 4.56. The lowest BCUT2D eigenvalue weighted by Crippen LogP contribution is -2.12. The number of Topliss-reactive ketones (excluding diaryl/α,β-unsaturated/α-hetero) is 1. The maximum Gasteiger partial charge on any atom is 0.213 e. The molecule has 0 N–H and O–H groups in total. The van der Waals surface area contributed by atoms with Crippen LogP contribution in [0.4, 0.5) is 0 Å². The molecule has 1 rings (SSSR count). The third kappa shape index (κ3) is 3.00. The molecular formula is C8H8BrNO2. The Balaban J connectivity index is 2.38. The molecule has 0 saturated carbocycles. The van der Waals surface area contributed by atoms with Crippen molar-refractivity contribution in [2.75, 3.05) is 11.9 Å². The van der Waals surface area contributed by atoms with Crippen molar-refractivity contribution in [1.82, 2.24) is 4.98 Å². The molecule has 0 amide bonds. The highest BCUT2D eigenvalue weighted by Gasteiger charge is 1.99. The molecule has 0 atom stereocenters. The Morgan fingerprint density at radius 1 is 1.58 bits per heavy atom. The fourth-order valence-corrected chi connectivity index (χ4v) is 0.787. The van der Waals surface area contributed by atoms with Crippen molar-refractivity contribution in [3.63, 3.8) is 0 Å². The Morgan fingerprint density at radius 2 is 2.42 bits per heavy atom. The zero-order valence-electron chi connectivity index (χ0n) is 6.37. The molecule has 0 saturated heterocycles. The number of carbonyl (C=O) groups excluding carboxylic acids is 1. The van der Waals surface area contributed by atoms with Gasteiger partial charge in [0, 0.05) is 12.3 Å². The summed E-state index contributed by atoms with van der Waals surface area (Å²) in [6, 6.07) is 5.31. The van der Waals surface area contributed by atoms with Crippen LogP contribution in [0.5, 0.6) is 5.88 Å². The first-order chi connectivity index (χ1) is 5.83. The largest absolute Gasteiger partial charge is 0.470 e. The molecule has 0 aliphatic carbocycles. The molecule has 0 unspecified atom stereocenters. The third-order valence-electron chi connectivity index (χ3n) is 1.17. The van der Waals surface area contributed by atoms with Gasteiger partial charge in [-0.1, -0.05) is 22.0 Å². The van der Waals surface area contributed by atoms with Crippen LogP contribution < -0.4 is 4.74 Å². The molecule has 1 aromatic rings. The van der Waals surface area contributed by atoms with E-state index in [4.69, 9.17) is 4.74 Å². The van der Waals surface area contributed by atoms with Crippen molar-refractivity contribution < 1.29 is 9.53 Å². The fraction of sp³-hybridized carbons (Fsp3) is 0.250. The predicted octanol–water partition coefficient (Wildman–Crippen LogP) is 1.42. The number of rotatable bonds is 4. The lowest BCUT2D eigenvalue weighted by Gasteiger charge is -2.00. The Kier molecular flexibility index (Phi) is 3.73. The molecule has 0 aliphatic rings. The van der Waals surface area contributed by atoms with Gasteiger partial charge in [0.2, 0.25) is 5.88 Å². The van der Waals surface area contributed by atoms with Crippen LogP contribution in [0.1, 0.15) is 0 Å². The van der Waals surface area contributed by atoms with E-state index in [1.165, 1.54) is 0 Å². The standard InChI is InChI=1S/C8H8BrNO2/c9-5-7(11)6-12-8-3-1-2-4-10-8/h1-4H,5-6H2. The SMILES string of the molecule is O=C(CBr)COc1ccccn1. The van der Waals surface area contributed by atoms with Gasteiger partial charge in [-0.3, -0.25) is 4.79 Å². The molecule has 0 fully saturated rings. The number of halogens is 1. The molecule has 0 spiro atoms. The van der Waals surface area contributed by atoms with Gasteiger partial charge in [-0.25, -0.2) is 4.98 Å². The van der Waals surface area contributed by atoms with Gasteiger partial charge in [0.1, 0.15) is 6.61 Å². The van der Waals surface area contributed by atoms with Crippen LogP contribution in [-0.2, 0) is 4.79 Å². The topological polar surface area (TPSA) is 39.2 Å². The number of alkyl halides is 1. The second-order valence-electron chi connectivity index (χ2n) is 2.13. The van der Waals surface area contributed by atoms with Gasteiger partial charge in [-0.15, -0.1) is 0 Å². The van der Waals surface area contributed by atoms with Crippen molar-refractivity contribution in [3.8, 4) is 5.88 Å². The van der Waals surface area contributed by atoms with E-state index in [9.17, 15) is 4.79 Å². The Morgan fingerprint density at radius 3 is 3.00 bits per heavy atom. The first kappa shape index (κ1) is 9.19. The van der Waals surface area contributed by atoms with Gasteiger partial charge in [0.05, 0.1) is 5.33 Å². The second kappa shape index (κ2) is 4.87. The maximum absolute atomic E-state index is 10.8. The van der Waals surface area contributed by atoms with Gasteiger partial charge in [0.15, 0.2) is 5.78 Å². The summed E-state index contributed by atoms with van der Waals surface area (Å²) in [5.41, 5.74) is 0. The number of ether oxygens (including phenoxy) is 1. The van der Waals surface area contributed by atoms with Crippen molar-refractivity contribution in [3.05, 3.63) is 24.4 Å². The Hall–Kier alpha value is -0.900. The second-order valence-corrected chi connectivity index (χ2v) is 2.69. The summed E-state index contributed by atoms with van der Waals surface area (Å²) in [4.78, 5) is 14.7. The van der Waals surface area contributed by atoms with E-state index in [0.29, 0.717) is 11.2 Å². The molecule has 12 heavy (non-hydrogen) atoms. The summed E-state index contributed by atoms with van der Waals surface area (Å²) in [5.74, 6) is 0.479. The number of nitrogens with zero attached hydrogens (tertiary/aromatic N) is 1. The van der Waals surface area contributed by atoms with Crippen molar-refractivity contribution in [1.29, 1.82) is 0 Å². The van der Waals surface area contributed by atoms with Gasteiger partial charge in [0.25, 0.3) is 0 Å². The molecule has 0 radical (unpaired) electrons. The first-order valence-electron chi connectivity index (χ1n) is 3.44.